The number of methoxy groups -OCH3 is 1. The Balaban J connectivity index is 1.29. The van der Waals surface area contributed by atoms with Gasteiger partial charge in [-0.25, -0.2) is 14.2 Å². The largest absolute Gasteiger partial charge is 0.497 e. The second-order valence-electron chi connectivity index (χ2n) is 7.54. The van der Waals surface area contributed by atoms with Crippen LogP contribution >= 0.6 is 0 Å². The number of nitrogens with one attached hydrogen (secondary N) is 1. The molecule has 4 rings (SSSR count). The molecule has 1 atom stereocenters. The van der Waals surface area contributed by atoms with Gasteiger partial charge in [-0.3, -0.25) is 0 Å². The molecule has 6 heteroatoms. The van der Waals surface area contributed by atoms with Crippen LogP contribution in [0.15, 0.2) is 55.1 Å². The first-order valence-corrected chi connectivity index (χ1v) is 9.91. The fourth-order valence-electron chi connectivity index (χ4n) is 3.80. The lowest BCUT2D eigenvalue weighted by Gasteiger charge is -2.43. The SMILES string of the molecule is C=C(c1ccc(OC)cc1)C1COC2(CCC(Nc3ccccc3F)CC2)OO1. The normalized spacial score (nSPS) is 26.8. The van der Waals surface area contributed by atoms with Gasteiger partial charge in [0, 0.05) is 18.9 Å². The maximum Gasteiger partial charge on any atom is 0.201 e. The summed E-state index contributed by atoms with van der Waals surface area (Å²) in [5, 5.41) is 3.28. The van der Waals surface area contributed by atoms with Crippen molar-refractivity contribution in [3.63, 3.8) is 0 Å². The lowest BCUT2D eigenvalue weighted by molar-refractivity contribution is -0.483. The smallest absolute Gasteiger partial charge is 0.201 e. The average Bonchev–Trinajstić information content (AvgIpc) is 2.77. The van der Waals surface area contributed by atoms with Crippen molar-refractivity contribution in [3.05, 3.63) is 66.5 Å². The van der Waals surface area contributed by atoms with Crippen molar-refractivity contribution >= 4 is 11.3 Å². The van der Waals surface area contributed by atoms with E-state index >= 15 is 0 Å². The summed E-state index contributed by atoms with van der Waals surface area (Å²) in [7, 11) is 1.63. The van der Waals surface area contributed by atoms with Crippen molar-refractivity contribution in [1.82, 2.24) is 0 Å². The molecule has 1 saturated carbocycles. The van der Waals surface area contributed by atoms with Crippen LogP contribution < -0.4 is 10.1 Å². The minimum atomic E-state index is -0.732. The molecule has 0 bridgehead atoms. The molecule has 1 heterocycles. The Morgan fingerprint density at radius 1 is 1.14 bits per heavy atom. The molecule has 1 unspecified atom stereocenters. The summed E-state index contributed by atoms with van der Waals surface area (Å²) < 4.78 is 25.1. The predicted molar refractivity (Wildman–Crippen MR) is 109 cm³/mol. The van der Waals surface area contributed by atoms with E-state index in [2.05, 4.69) is 11.9 Å². The van der Waals surface area contributed by atoms with Crippen molar-refractivity contribution in [1.29, 1.82) is 0 Å². The van der Waals surface area contributed by atoms with Gasteiger partial charge < -0.3 is 14.8 Å². The summed E-state index contributed by atoms with van der Waals surface area (Å²) in [5.74, 6) is -0.177. The summed E-state index contributed by atoms with van der Waals surface area (Å²) >= 11 is 0. The summed E-state index contributed by atoms with van der Waals surface area (Å²) in [6.45, 7) is 4.52. The van der Waals surface area contributed by atoms with E-state index in [1.165, 1.54) is 6.07 Å². The summed E-state index contributed by atoms with van der Waals surface area (Å²) in [6.07, 6.45) is 2.62. The van der Waals surface area contributed by atoms with Crippen LogP contribution in [0.3, 0.4) is 0 Å². The molecule has 29 heavy (non-hydrogen) atoms. The molecule has 1 aliphatic heterocycles. The molecule has 1 aliphatic carbocycles. The molecular weight excluding hydrogens is 373 g/mol. The number of anilines is 1. The monoisotopic (exact) mass is 399 g/mol. The van der Waals surface area contributed by atoms with Crippen LogP contribution in [0, 0.1) is 5.82 Å². The predicted octanol–water partition coefficient (Wildman–Crippen LogP) is 4.95. The molecule has 2 fully saturated rings. The highest BCUT2D eigenvalue weighted by atomic mass is 19.1. The number of hydrogen-bond acceptors (Lipinski definition) is 5. The molecule has 5 nitrogen and oxygen atoms in total. The van der Waals surface area contributed by atoms with Crippen molar-refractivity contribution in [2.75, 3.05) is 19.0 Å². The van der Waals surface area contributed by atoms with Gasteiger partial charge in [0.05, 0.1) is 19.4 Å². The van der Waals surface area contributed by atoms with Crippen molar-refractivity contribution in [2.45, 2.75) is 43.6 Å². The highest BCUT2D eigenvalue weighted by Gasteiger charge is 2.43. The summed E-state index contributed by atoms with van der Waals surface area (Å²) in [6, 6.07) is 14.6. The first-order valence-electron chi connectivity index (χ1n) is 9.91. The van der Waals surface area contributed by atoms with Crippen LogP contribution in [-0.4, -0.2) is 31.6 Å². The fraction of sp³-hybridized carbons (Fsp3) is 0.391. The molecule has 1 saturated heterocycles. The Kier molecular flexibility index (Phi) is 5.85. The zero-order chi connectivity index (χ0) is 20.3. The molecule has 0 amide bonds. The topological polar surface area (TPSA) is 49.0 Å². The van der Waals surface area contributed by atoms with Crippen LogP contribution in [0.25, 0.3) is 5.57 Å². The Bertz CT molecular complexity index is 836. The van der Waals surface area contributed by atoms with Crippen LogP contribution in [0.1, 0.15) is 31.2 Å². The second kappa shape index (κ2) is 8.53. The third kappa shape index (κ3) is 4.45. The van der Waals surface area contributed by atoms with E-state index in [0.717, 1.165) is 29.7 Å². The highest BCUT2D eigenvalue weighted by molar-refractivity contribution is 5.67. The Morgan fingerprint density at radius 2 is 1.86 bits per heavy atom. The highest BCUT2D eigenvalue weighted by Crippen LogP contribution is 2.38. The summed E-state index contributed by atoms with van der Waals surface area (Å²) in [5.41, 5.74) is 2.29. The number of benzene rings is 2. The minimum Gasteiger partial charge on any atom is -0.497 e. The molecular formula is C23H26FNO4. The third-order valence-corrected chi connectivity index (χ3v) is 5.64. The average molecular weight is 399 g/mol. The van der Waals surface area contributed by atoms with Crippen molar-refractivity contribution in [3.8, 4) is 5.75 Å². The molecule has 154 valence electrons. The molecule has 2 aliphatic rings. The maximum atomic E-state index is 13.8. The molecule has 2 aromatic carbocycles. The number of para-hydroxylation sites is 1. The van der Waals surface area contributed by atoms with E-state index < -0.39 is 5.79 Å². The zero-order valence-corrected chi connectivity index (χ0v) is 16.5. The van der Waals surface area contributed by atoms with Crippen molar-refractivity contribution < 1.29 is 23.6 Å². The third-order valence-electron chi connectivity index (χ3n) is 5.64. The number of hydrogen-bond donors (Lipinski definition) is 1. The lowest BCUT2D eigenvalue weighted by Crippen LogP contribution is -2.49. The standard InChI is InChI=1S/C23H26FNO4/c1-16(17-7-9-19(26-2)10-8-17)22-15-27-23(29-28-22)13-11-18(12-14-23)25-21-6-4-3-5-20(21)24/h3-10,18,22,25H,1,11-15H2,2H3. The van der Waals surface area contributed by atoms with E-state index in [1.807, 2.05) is 30.3 Å². The molecule has 2 aromatic rings. The van der Waals surface area contributed by atoms with Crippen molar-refractivity contribution in [2.24, 2.45) is 0 Å². The molecule has 1 N–H and O–H groups in total. The van der Waals surface area contributed by atoms with E-state index in [4.69, 9.17) is 19.2 Å². The molecule has 0 radical (unpaired) electrons. The Labute approximate surface area is 170 Å². The maximum absolute atomic E-state index is 13.8. The summed E-state index contributed by atoms with van der Waals surface area (Å²) in [4.78, 5) is 11.4. The van der Waals surface area contributed by atoms with Gasteiger partial charge in [0.15, 0.2) is 0 Å². The van der Waals surface area contributed by atoms with Gasteiger partial charge in [-0.1, -0.05) is 30.8 Å². The second-order valence-corrected chi connectivity index (χ2v) is 7.54. The fourth-order valence-corrected chi connectivity index (χ4v) is 3.80. The Hall–Kier alpha value is -2.41. The number of halogens is 1. The Morgan fingerprint density at radius 3 is 2.48 bits per heavy atom. The van der Waals surface area contributed by atoms with Crippen LogP contribution in [0.5, 0.6) is 5.75 Å². The first-order chi connectivity index (χ1) is 14.1. The van der Waals surface area contributed by atoms with E-state index in [9.17, 15) is 4.39 Å². The van der Waals surface area contributed by atoms with E-state index in [1.54, 1.807) is 19.2 Å². The van der Waals surface area contributed by atoms with Crippen LogP contribution in [-0.2, 0) is 14.5 Å². The van der Waals surface area contributed by atoms with Gasteiger partial charge in [0.2, 0.25) is 5.79 Å². The van der Waals surface area contributed by atoms with Gasteiger partial charge in [0.25, 0.3) is 0 Å². The molecule has 1 spiro atoms. The number of ether oxygens (including phenoxy) is 2. The first kappa shape index (κ1) is 19.9. The zero-order valence-electron chi connectivity index (χ0n) is 16.5. The van der Waals surface area contributed by atoms with Gasteiger partial charge in [-0.15, -0.1) is 0 Å². The van der Waals surface area contributed by atoms with Crippen LogP contribution in [0.4, 0.5) is 10.1 Å². The van der Waals surface area contributed by atoms with Gasteiger partial charge in [-0.05, 0) is 48.2 Å². The molecule has 0 aromatic heterocycles. The van der Waals surface area contributed by atoms with E-state index in [-0.39, 0.29) is 18.0 Å². The van der Waals surface area contributed by atoms with E-state index in [0.29, 0.717) is 25.1 Å². The lowest BCUT2D eigenvalue weighted by atomic mass is 9.89. The van der Waals surface area contributed by atoms with Gasteiger partial charge in [-0.2, -0.15) is 0 Å². The quantitative estimate of drug-likeness (QED) is 0.722. The van der Waals surface area contributed by atoms with Gasteiger partial charge >= 0.3 is 0 Å². The minimum absolute atomic E-state index is 0.178. The number of rotatable bonds is 5. The van der Waals surface area contributed by atoms with Crippen LogP contribution in [0.2, 0.25) is 0 Å². The van der Waals surface area contributed by atoms with Gasteiger partial charge in [0.1, 0.15) is 17.7 Å².